The lowest BCUT2D eigenvalue weighted by Crippen LogP contribution is -2.41. The number of benzene rings is 1. The molecule has 180 valence electrons. The predicted molar refractivity (Wildman–Crippen MR) is 123 cm³/mol. The van der Waals surface area contributed by atoms with Gasteiger partial charge in [0.25, 0.3) is 5.91 Å². The number of morpholine rings is 2. The van der Waals surface area contributed by atoms with E-state index in [4.69, 9.17) is 13.9 Å². The summed E-state index contributed by atoms with van der Waals surface area (Å²) in [6.45, 7) is 5.69. The zero-order chi connectivity index (χ0) is 23.3. The van der Waals surface area contributed by atoms with Crippen LogP contribution in [-0.4, -0.2) is 77.3 Å². The van der Waals surface area contributed by atoms with E-state index >= 15 is 0 Å². The van der Waals surface area contributed by atoms with Crippen molar-refractivity contribution in [2.45, 2.75) is 30.7 Å². The third-order valence-corrected chi connectivity index (χ3v) is 7.85. The van der Waals surface area contributed by atoms with E-state index in [1.807, 2.05) is 19.1 Å². The van der Waals surface area contributed by atoms with Crippen molar-refractivity contribution >= 4 is 21.6 Å². The lowest BCUT2D eigenvalue weighted by atomic mass is 10.1. The number of carbonyl (C=O) groups is 1. The number of rotatable bonds is 8. The zero-order valence-electron chi connectivity index (χ0n) is 18.9. The molecule has 9 nitrogen and oxygen atoms in total. The molecule has 1 atom stereocenters. The second-order valence-electron chi connectivity index (χ2n) is 8.29. The largest absolute Gasteiger partial charge is 0.469 e. The minimum absolute atomic E-state index is 0.111. The molecule has 2 aliphatic heterocycles. The monoisotopic (exact) mass is 477 g/mol. The van der Waals surface area contributed by atoms with Gasteiger partial charge in [0.15, 0.2) is 0 Å². The average molecular weight is 478 g/mol. The van der Waals surface area contributed by atoms with Gasteiger partial charge in [-0.2, -0.15) is 4.31 Å². The van der Waals surface area contributed by atoms with Crippen molar-refractivity contribution < 1.29 is 27.1 Å². The van der Waals surface area contributed by atoms with Crippen molar-refractivity contribution in [1.82, 2.24) is 9.62 Å². The highest BCUT2D eigenvalue weighted by molar-refractivity contribution is 7.89. The van der Waals surface area contributed by atoms with E-state index in [0.29, 0.717) is 71.0 Å². The maximum absolute atomic E-state index is 13.3. The Morgan fingerprint density at radius 3 is 2.42 bits per heavy atom. The molecule has 0 radical (unpaired) electrons. The van der Waals surface area contributed by atoms with Gasteiger partial charge in [0.2, 0.25) is 10.0 Å². The molecule has 2 saturated heterocycles. The average Bonchev–Trinajstić information content (AvgIpc) is 3.37. The topological polar surface area (TPSA) is 101 Å². The van der Waals surface area contributed by atoms with Gasteiger partial charge in [0, 0.05) is 44.3 Å². The number of ether oxygens (including phenoxy) is 2. The predicted octanol–water partition coefficient (Wildman–Crippen LogP) is 1.89. The number of furan rings is 1. The van der Waals surface area contributed by atoms with Crippen LogP contribution in [0.5, 0.6) is 0 Å². The van der Waals surface area contributed by atoms with Crippen LogP contribution in [0.25, 0.3) is 0 Å². The van der Waals surface area contributed by atoms with Gasteiger partial charge in [0.05, 0.1) is 43.1 Å². The van der Waals surface area contributed by atoms with Crippen LogP contribution in [-0.2, 0) is 25.9 Å². The molecule has 2 aliphatic rings. The summed E-state index contributed by atoms with van der Waals surface area (Å²) in [5.74, 6) is 0.575. The van der Waals surface area contributed by atoms with E-state index in [1.165, 1.54) is 10.4 Å². The highest BCUT2D eigenvalue weighted by atomic mass is 32.2. The van der Waals surface area contributed by atoms with Crippen LogP contribution in [0, 0.1) is 0 Å². The van der Waals surface area contributed by atoms with E-state index < -0.39 is 10.0 Å². The second-order valence-corrected chi connectivity index (χ2v) is 10.2. The van der Waals surface area contributed by atoms with Gasteiger partial charge in [-0.3, -0.25) is 4.79 Å². The van der Waals surface area contributed by atoms with Crippen molar-refractivity contribution in [1.29, 1.82) is 0 Å². The molecule has 1 amide bonds. The Morgan fingerprint density at radius 2 is 1.76 bits per heavy atom. The Hall–Kier alpha value is -2.40. The first-order chi connectivity index (χ1) is 15.9. The summed E-state index contributed by atoms with van der Waals surface area (Å²) in [7, 11) is -3.72. The molecule has 33 heavy (non-hydrogen) atoms. The molecule has 0 spiro atoms. The van der Waals surface area contributed by atoms with Crippen LogP contribution in [0.4, 0.5) is 5.69 Å². The van der Waals surface area contributed by atoms with Crippen molar-refractivity contribution in [2.75, 3.05) is 57.5 Å². The summed E-state index contributed by atoms with van der Waals surface area (Å²) in [5, 5.41) is 3.03. The second kappa shape index (κ2) is 10.7. The van der Waals surface area contributed by atoms with Crippen LogP contribution in [0.2, 0.25) is 0 Å². The van der Waals surface area contributed by atoms with Gasteiger partial charge in [-0.1, -0.05) is 0 Å². The molecular formula is C23H31N3O6S. The van der Waals surface area contributed by atoms with E-state index in [1.54, 1.807) is 18.4 Å². The highest BCUT2D eigenvalue weighted by Gasteiger charge is 2.29. The maximum atomic E-state index is 13.3. The molecule has 2 fully saturated rings. The Bertz CT molecular complexity index is 1030. The summed E-state index contributed by atoms with van der Waals surface area (Å²) in [5.41, 5.74) is 1.08. The van der Waals surface area contributed by atoms with E-state index in [-0.39, 0.29) is 16.8 Å². The molecule has 1 aromatic heterocycles. The SMILES string of the molecule is CC(CCc1ccco1)NC(=O)c1cc(S(=O)(=O)N2CCOCC2)ccc1N1CCOCC1. The van der Waals surface area contributed by atoms with Gasteiger partial charge in [0.1, 0.15) is 5.76 Å². The lowest BCUT2D eigenvalue weighted by molar-refractivity contribution is 0.0730. The summed E-state index contributed by atoms with van der Waals surface area (Å²) in [6.07, 6.45) is 3.04. The number of amides is 1. The number of hydrogen-bond donors (Lipinski definition) is 1. The molecule has 0 aliphatic carbocycles. The zero-order valence-corrected chi connectivity index (χ0v) is 19.7. The van der Waals surface area contributed by atoms with E-state index in [2.05, 4.69) is 10.2 Å². The normalized spacial score (nSPS) is 18.8. The molecule has 1 unspecified atom stereocenters. The Balaban J connectivity index is 1.57. The molecule has 4 rings (SSSR count). The number of sulfonamides is 1. The number of anilines is 1. The molecule has 1 N–H and O–H groups in total. The Morgan fingerprint density at radius 1 is 1.06 bits per heavy atom. The number of hydrogen-bond acceptors (Lipinski definition) is 7. The van der Waals surface area contributed by atoms with Gasteiger partial charge in [-0.05, 0) is 43.7 Å². The minimum atomic E-state index is -3.72. The molecular weight excluding hydrogens is 446 g/mol. The third kappa shape index (κ3) is 5.75. The summed E-state index contributed by atoms with van der Waals surface area (Å²) in [4.78, 5) is 15.5. The minimum Gasteiger partial charge on any atom is -0.469 e. The quantitative estimate of drug-likeness (QED) is 0.620. The smallest absolute Gasteiger partial charge is 0.253 e. The first kappa shape index (κ1) is 23.7. The highest BCUT2D eigenvalue weighted by Crippen LogP contribution is 2.27. The number of aryl methyl sites for hydroxylation is 1. The van der Waals surface area contributed by atoms with Crippen molar-refractivity contribution in [3.63, 3.8) is 0 Å². The summed E-state index contributed by atoms with van der Waals surface area (Å²) >= 11 is 0. The number of nitrogens with one attached hydrogen (secondary N) is 1. The van der Waals surface area contributed by atoms with Crippen LogP contribution < -0.4 is 10.2 Å². The van der Waals surface area contributed by atoms with E-state index in [0.717, 1.165) is 11.4 Å². The molecule has 3 heterocycles. The van der Waals surface area contributed by atoms with E-state index in [9.17, 15) is 13.2 Å². The molecule has 2 aromatic rings. The molecule has 10 heteroatoms. The van der Waals surface area contributed by atoms with Gasteiger partial charge < -0.3 is 24.1 Å². The maximum Gasteiger partial charge on any atom is 0.253 e. The number of nitrogens with zero attached hydrogens (tertiary/aromatic N) is 2. The van der Waals surface area contributed by atoms with Gasteiger partial charge in [-0.25, -0.2) is 8.42 Å². The fourth-order valence-corrected chi connectivity index (χ4v) is 5.50. The van der Waals surface area contributed by atoms with Crippen molar-refractivity contribution in [2.24, 2.45) is 0 Å². The Labute approximate surface area is 194 Å². The first-order valence-corrected chi connectivity index (χ1v) is 12.8. The van der Waals surface area contributed by atoms with Crippen LogP contribution in [0.1, 0.15) is 29.5 Å². The molecule has 0 bridgehead atoms. The van der Waals surface area contributed by atoms with Crippen LogP contribution in [0.3, 0.4) is 0 Å². The standard InChI is InChI=1S/C23H31N3O6S/c1-18(4-5-19-3-2-12-32-19)24-23(27)21-17-20(33(28,29)26-10-15-31-16-11-26)6-7-22(21)25-8-13-30-14-9-25/h2-3,6-7,12,17-18H,4-5,8-11,13-16H2,1H3,(H,24,27). The van der Waals surface area contributed by atoms with Gasteiger partial charge in [-0.15, -0.1) is 0 Å². The van der Waals surface area contributed by atoms with Crippen LogP contribution >= 0.6 is 0 Å². The Kier molecular flexibility index (Phi) is 7.69. The fourth-order valence-electron chi connectivity index (χ4n) is 4.06. The fraction of sp³-hybridized carbons (Fsp3) is 0.522. The third-order valence-electron chi connectivity index (χ3n) is 5.95. The molecule has 1 aromatic carbocycles. The van der Waals surface area contributed by atoms with Crippen molar-refractivity contribution in [3.05, 3.63) is 47.9 Å². The first-order valence-electron chi connectivity index (χ1n) is 11.3. The van der Waals surface area contributed by atoms with Gasteiger partial charge >= 0.3 is 0 Å². The summed E-state index contributed by atoms with van der Waals surface area (Å²) in [6, 6.07) is 8.47. The van der Waals surface area contributed by atoms with Crippen molar-refractivity contribution in [3.8, 4) is 0 Å². The lowest BCUT2D eigenvalue weighted by Gasteiger charge is -2.31. The van der Waals surface area contributed by atoms with Crippen LogP contribution in [0.15, 0.2) is 45.9 Å². The summed E-state index contributed by atoms with van der Waals surface area (Å²) < 4.78 is 43.9. The number of carbonyl (C=O) groups excluding carboxylic acids is 1. The molecule has 0 saturated carbocycles.